The minimum absolute atomic E-state index is 0.289. The molecule has 1 amide bonds. The maximum Gasteiger partial charge on any atom is 0.255 e. The predicted molar refractivity (Wildman–Crippen MR) is 77.9 cm³/mol. The lowest BCUT2D eigenvalue weighted by atomic mass is 10.2. The second kappa shape index (κ2) is 5.58. The zero-order valence-corrected chi connectivity index (χ0v) is 11.0. The van der Waals surface area contributed by atoms with E-state index in [2.05, 4.69) is 10.3 Å². The topological polar surface area (TPSA) is 46.9 Å². The van der Waals surface area contributed by atoms with E-state index in [9.17, 15) is 9.18 Å². The van der Waals surface area contributed by atoms with Crippen molar-refractivity contribution < 1.29 is 9.18 Å². The molecule has 0 saturated carbocycles. The Kier molecular flexibility index (Phi) is 3.47. The Morgan fingerprint density at radius 2 is 1.86 bits per heavy atom. The molecule has 0 aliphatic rings. The third-order valence-corrected chi connectivity index (χ3v) is 3.04. The van der Waals surface area contributed by atoms with E-state index >= 15 is 0 Å². The first kappa shape index (κ1) is 13.1. The lowest BCUT2D eigenvalue weighted by Crippen LogP contribution is -2.13. The first-order valence-electron chi connectivity index (χ1n) is 6.38. The van der Waals surface area contributed by atoms with E-state index in [1.165, 1.54) is 24.3 Å². The van der Waals surface area contributed by atoms with Gasteiger partial charge in [-0.25, -0.2) is 9.37 Å². The first-order chi connectivity index (χ1) is 10.2. The Morgan fingerprint density at radius 3 is 2.57 bits per heavy atom. The molecule has 0 radical (unpaired) electrons. The molecule has 2 aromatic carbocycles. The van der Waals surface area contributed by atoms with E-state index in [0.29, 0.717) is 11.3 Å². The van der Waals surface area contributed by atoms with E-state index in [4.69, 9.17) is 0 Å². The molecule has 1 N–H and O–H groups in total. The van der Waals surface area contributed by atoms with Crippen molar-refractivity contribution in [1.82, 2.24) is 9.55 Å². The minimum Gasteiger partial charge on any atom is -0.320 e. The molecule has 3 aromatic rings. The molecule has 0 unspecified atom stereocenters. The second-order valence-corrected chi connectivity index (χ2v) is 4.45. The summed E-state index contributed by atoms with van der Waals surface area (Å²) in [6.45, 7) is 0. The Labute approximate surface area is 120 Å². The average Bonchev–Trinajstić information content (AvgIpc) is 3.02. The van der Waals surface area contributed by atoms with Crippen LogP contribution in [0.4, 0.5) is 10.1 Å². The van der Waals surface area contributed by atoms with Gasteiger partial charge in [0.1, 0.15) is 5.82 Å². The van der Waals surface area contributed by atoms with Gasteiger partial charge >= 0.3 is 0 Å². The monoisotopic (exact) mass is 281 g/mol. The van der Waals surface area contributed by atoms with Gasteiger partial charge in [0.05, 0.1) is 17.7 Å². The summed E-state index contributed by atoms with van der Waals surface area (Å²) in [6, 6.07) is 12.8. The second-order valence-electron chi connectivity index (χ2n) is 4.45. The number of halogens is 1. The number of nitrogens with zero attached hydrogens (tertiary/aromatic N) is 2. The van der Waals surface area contributed by atoms with Crippen molar-refractivity contribution in [2.45, 2.75) is 0 Å². The van der Waals surface area contributed by atoms with Gasteiger partial charge in [-0.3, -0.25) is 4.79 Å². The summed E-state index contributed by atoms with van der Waals surface area (Å²) in [4.78, 5) is 16.2. The molecule has 0 aliphatic carbocycles. The van der Waals surface area contributed by atoms with Crippen molar-refractivity contribution in [2.75, 3.05) is 5.32 Å². The summed E-state index contributed by atoms with van der Waals surface area (Å²) in [5.41, 5.74) is 1.87. The molecule has 0 spiro atoms. The van der Waals surface area contributed by atoms with Gasteiger partial charge in [-0.15, -0.1) is 0 Å². The number of anilines is 1. The van der Waals surface area contributed by atoms with Crippen molar-refractivity contribution in [3.05, 3.63) is 78.6 Å². The summed E-state index contributed by atoms with van der Waals surface area (Å²) < 4.78 is 14.7. The lowest BCUT2D eigenvalue weighted by molar-refractivity contribution is 0.102. The summed E-state index contributed by atoms with van der Waals surface area (Å²) in [6.07, 6.45) is 5.12. The summed E-state index contributed by atoms with van der Waals surface area (Å²) >= 11 is 0. The number of carbonyl (C=O) groups is 1. The SMILES string of the molecule is O=C(Nc1ccccc1-n1ccnc1)c1ccc(F)cc1. The van der Waals surface area contributed by atoms with Crippen LogP contribution in [0.25, 0.3) is 5.69 Å². The average molecular weight is 281 g/mol. The van der Waals surface area contributed by atoms with Gasteiger partial charge in [-0.1, -0.05) is 12.1 Å². The summed E-state index contributed by atoms with van der Waals surface area (Å²) in [7, 11) is 0. The number of amides is 1. The van der Waals surface area contributed by atoms with Gasteiger partial charge in [-0.05, 0) is 36.4 Å². The Bertz CT molecular complexity index is 751. The maximum absolute atomic E-state index is 12.9. The van der Waals surface area contributed by atoms with Crippen LogP contribution >= 0.6 is 0 Å². The van der Waals surface area contributed by atoms with Crippen LogP contribution in [0.5, 0.6) is 0 Å². The highest BCUT2D eigenvalue weighted by molar-refractivity contribution is 6.05. The molecule has 0 saturated heterocycles. The van der Waals surface area contributed by atoms with E-state index in [0.717, 1.165) is 5.69 Å². The van der Waals surface area contributed by atoms with E-state index in [1.807, 2.05) is 18.2 Å². The van der Waals surface area contributed by atoms with Crippen LogP contribution in [0.15, 0.2) is 67.3 Å². The number of aromatic nitrogens is 2. The number of carbonyl (C=O) groups excluding carboxylic acids is 1. The Hall–Kier alpha value is -2.95. The molecule has 0 bridgehead atoms. The molecule has 4 nitrogen and oxygen atoms in total. The molecule has 3 rings (SSSR count). The molecule has 1 aromatic heterocycles. The number of imidazole rings is 1. The zero-order valence-electron chi connectivity index (χ0n) is 11.0. The van der Waals surface area contributed by atoms with E-state index in [-0.39, 0.29) is 11.7 Å². The van der Waals surface area contributed by atoms with E-state index in [1.54, 1.807) is 29.4 Å². The van der Waals surface area contributed by atoms with Crippen molar-refractivity contribution >= 4 is 11.6 Å². The fourth-order valence-electron chi connectivity index (χ4n) is 2.00. The molecular weight excluding hydrogens is 269 g/mol. The maximum atomic E-state index is 12.9. The fraction of sp³-hybridized carbons (Fsp3) is 0. The molecule has 0 fully saturated rings. The number of hydrogen-bond acceptors (Lipinski definition) is 2. The fourth-order valence-corrected chi connectivity index (χ4v) is 2.00. The van der Waals surface area contributed by atoms with Crippen LogP contribution in [0, 0.1) is 5.82 Å². The molecule has 104 valence electrons. The third kappa shape index (κ3) is 2.81. The van der Waals surface area contributed by atoms with Gasteiger partial charge in [0.25, 0.3) is 5.91 Å². The van der Waals surface area contributed by atoms with Gasteiger partial charge in [-0.2, -0.15) is 0 Å². The number of para-hydroxylation sites is 2. The molecular formula is C16H12FN3O. The van der Waals surface area contributed by atoms with Gasteiger partial charge in [0, 0.05) is 18.0 Å². The van der Waals surface area contributed by atoms with Gasteiger partial charge in [0.2, 0.25) is 0 Å². The Balaban J connectivity index is 1.88. The Morgan fingerprint density at radius 1 is 1.10 bits per heavy atom. The minimum atomic E-state index is -0.370. The smallest absolute Gasteiger partial charge is 0.255 e. The van der Waals surface area contributed by atoms with Crippen molar-refractivity contribution in [2.24, 2.45) is 0 Å². The highest BCUT2D eigenvalue weighted by Gasteiger charge is 2.09. The van der Waals surface area contributed by atoms with E-state index < -0.39 is 0 Å². The third-order valence-electron chi connectivity index (χ3n) is 3.04. The molecule has 21 heavy (non-hydrogen) atoms. The predicted octanol–water partition coefficient (Wildman–Crippen LogP) is 3.26. The number of benzene rings is 2. The quantitative estimate of drug-likeness (QED) is 0.801. The molecule has 1 heterocycles. The summed E-state index contributed by atoms with van der Waals surface area (Å²) in [5, 5.41) is 2.82. The van der Waals surface area contributed by atoms with Crippen LogP contribution in [0.2, 0.25) is 0 Å². The highest BCUT2D eigenvalue weighted by atomic mass is 19.1. The highest BCUT2D eigenvalue weighted by Crippen LogP contribution is 2.20. The summed E-state index contributed by atoms with van der Waals surface area (Å²) in [5.74, 6) is -0.659. The first-order valence-corrected chi connectivity index (χ1v) is 6.38. The number of nitrogens with one attached hydrogen (secondary N) is 1. The number of hydrogen-bond donors (Lipinski definition) is 1. The van der Waals surface area contributed by atoms with Crippen LogP contribution in [0.1, 0.15) is 10.4 Å². The van der Waals surface area contributed by atoms with Crippen molar-refractivity contribution in [3.8, 4) is 5.69 Å². The van der Waals surface area contributed by atoms with Crippen molar-refractivity contribution in [1.29, 1.82) is 0 Å². The normalized spacial score (nSPS) is 10.3. The molecule has 0 atom stereocenters. The standard InChI is InChI=1S/C16H12FN3O/c17-13-7-5-12(6-8-13)16(21)19-14-3-1-2-4-15(14)20-10-9-18-11-20/h1-11H,(H,19,21). The van der Waals surface area contributed by atoms with Gasteiger partial charge in [0.15, 0.2) is 0 Å². The molecule has 5 heteroatoms. The lowest BCUT2D eigenvalue weighted by Gasteiger charge is -2.11. The van der Waals surface area contributed by atoms with Crippen LogP contribution in [-0.4, -0.2) is 15.5 Å². The zero-order chi connectivity index (χ0) is 14.7. The van der Waals surface area contributed by atoms with Crippen LogP contribution in [-0.2, 0) is 0 Å². The van der Waals surface area contributed by atoms with Crippen molar-refractivity contribution in [3.63, 3.8) is 0 Å². The van der Waals surface area contributed by atoms with Crippen LogP contribution < -0.4 is 5.32 Å². The number of rotatable bonds is 3. The molecule has 0 aliphatic heterocycles. The van der Waals surface area contributed by atoms with Gasteiger partial charge < -0.3 is 9.88 Å². The van der Waals surface area contributed by atoms with Crippen LogP contribution in [0.3, 0.4) is 0 Å². The largest absolute Gasteiger partial charge is 0.320 e.